The standard InChI is InChI=1S/C18H20N2O4S/c1-2-24-18(21)14-7-9-16(10-8-14)25(22,23)20-12-11-19-13-15-5-3-4-6-17(15)20/h3-10,19H,2,11-13H2,1H3. The summed E-state index contributed by atoms with van der Waals surface area (Å²) >= 11 is 0. The highest BCUT2D eigenvalue weighted by Crippen LogP contribution is 2.28. The number of ether oxygens (including phenoxy) is 1. The predicted octanol–water partition coefficient (Wildman–Crippen LogP) is 2.16. The summed E-state index contributed by atoms with van der Waals surface area (Å²) in [6.45, 7) is 3.54. The zero-order chi connectivity index (χ0) is 17.9. The van der Waals surface area contributed by atoms with E-state index >= 15 is 0 Å². The van der Waals surface area contributed by atoms with E-state index in [1.54, 1.807) is 6.92 Å². The summed E-state index contributed by atoms with van der Waals surface area (Å²) in [7, 11) is -3.71. The van der Waals surface area contributed by atoms with Crippen LogP contribution in [0.5, 0.6) is 0 Å². The lowest BCUT2D eigenvalue weighted by Gasteiger charge is -2.24. The Morgan fingerprint density at radius 1 is 1.16 bits per heavy atom. The smallest absolute Gasteiger partial charge is 0.338 e. The van der Waals surface area contributed by atoms with E-state index in [4.69, 9.17) is 4.74 Å². The van der Waals surface area contributed by atoms with Crippen LogP contribution in [0.15, 0.2) is 53.4 Å². The number of esters is 1. The predicted molar refractivity (Wildman–Crippen MR) is 95.1 cm³/mol. The fraction of sp³-hybridized carbons (Fsp3) is 0.278. The van der Waals surface area contributed by atoms with Crippen LogP contribution in [0.2, 0.25) is 0 Å². The number of anilines is 1. The third-order valence-corrected chi connectivity index (χ3v) is 5.85. The van der Waals surface area contributed by atoms with Crippen LogP contribution in [-0.4, -0.2) is 34.1 Å². The number of fused-ring (bicyclic) bond motifs is 1. The number of nitrogens with one attached hydrogen (secondary N) is 1. The van der Waals surface area contributed by atoms with Crippen molar-refractivity contribution in [2.24, 2.45) is 0 Å². The van der Waals surface area contributed by atoms with Gasteiger partial charge in [-0.3, -0.25) is 4.31 Å². The van der Waals surface area contributed by atoms with Crippen LogP contribution in [0.1, 0.15) is 22.8 Å². The maximum Gasteiger partial charge on any atom is 0.338 e. The zero-order valence-electron chi connectivity index (χ0n) is 13.9. The second-order valence-corrected chi connectivity index (χ2v) is 7.49. The number of sulfonamides is 1. The molecule has 1 N–H and O–H groups in total. The van der Waals surface area contributed by atoms with Gasteiger partial charge in [0.25, 0.3) is 10.0 Å². The molecule has 0 aliphatic carbocycles. The first-order valence-corrected chi connectivity index (χ1v) is 9.56. The Bertz CT molecular complexity index is 863. The van der Waals surface area contributed by atoms with Gasteiger partial charge >= 0.3 is 5.97 Å². The molecule has 0 unspecified atom stereocenters. The van der Waals surface area contributed by atoms with Gasteiger partial charge in [0.05, 0.1) is 22.8 Å². The van der Waals surface area contributed by atoms with E-state index in [1.165, 1.54) is 28.6 Å². The largest absolute Gasteiger partial charge is 0.462 e. The van der Waals surface area contributed by atoms with E-state index < -0.39 is 16.0 Å². The summed E-state index contributed by atoms with van der Waals surface area (Å²) < 4.78 is 32.5. The van der Waals surface area contributed by atoms with Gasteiger partial charge in [-0.15, -0.1) is 0 Å². The molecule has 1 aliphatic heterocycles. The van der Waals surface area contributed by atoms with Gasteiger partial charge in [-0.25, -0.2) is 13.2 Å². The fourth-order valence-electron chi connectivity index (χ4n) is 2.78. The van der Waals surface area contributed by atoms with Crippen LogP contribution >= 0.6 is 0 Å². The van der Waals surface area contributed by atoms with Crippen molar-refractivity contribution in [2.45, 2.75) is 18.4 Å². The highest BCUT2D eigenvalue weighted by Gasteiger charge is 2.27. The SMILES string of the molecule is CCOC(=O)c1ccc(S(=O)(=O)N2CCNCc3ccccc32)cc1. The third kappa shape index (κ3) is 3.52. The first-order valence-electron chi connectivity index (χ1n) is 8.12. The van der Waals surface area contributed by atoms with Crippen LogP contribution < -0.4 is 9.62 Å². The van der Waals surface area contributed by atoms with Crippen molar-refractivity contribution < 1.29 is 17.9 Å². The molecule has 6 nitrogen and oxygen atoms in total. The molecule has 3 rings (SSSR count). The molecule has 1 aliphatic rings. The molecule has 1 heterocycles. The molecular formula is C18H20N2O4S. The Morgan fingerprint density at radius 2 is 1.88 bits per heavy atom. The van der Waals surface area contributed by atoms with Gasteiger partial charge in [0, 0.05) is 19.6 Å². The van der Waals surface area contributed by atoms with Crippen molar-refractivity contribution >= 4 is 21.7 Å². The van der Waals surface area contributed by atoms with E-state index in [1.807, 2.05) is 24.3 Å². The first kappa shape index (κ1) is 17.4. The van der Waals surface area contributed by atoms with E-state index in [0.29, 0.717) is 30.9 Å². The highest BCUT2D eigenvalue weighted by molar-refractivity contribution is 7.92. The Labute approximate surface area is 147 Å². The van der Waals surface area contributed by atoms with Gasteiger partial charge in [-0.2, -0.15) is 0 Å². The van der Waals surface area contributed by atoms with Crippen molar-refractivity contribution in [3.05, 3.63) is 59.7 Å². The van der Waals surface area contributed by atoms with Gasteiger partial charge in [0.2, 0.25) is 0 Å². The molecule has 2 aromatic carbocycles. The van der Waals surface area contributed by atoms with Crippen molar-refractivity contribution in [1.29, 1.82) is 0 Å². The van der Waals surface area contributed by atoms with Gasteiger partial charge in [-0.1, -0.05) is 18.2 Å². The Morgan fingerprint density at radius 3 is 2.60 bits per heavy atom. The molecule has 0 atom stereocenters. The van der Waals surface area contributed by atoms with Crippen LogP contribution in [-0.2, 0) is 21.3 Å². The summed E-state index contributed by atoms with van der Waals surface area (Å²) in [6, 6.07) is 13.3. The van der Waals surface area contributed by atoms with Crippen LogP contribution in [0.25, 0.3) is 0 Å². The normalized spacial score (nSPS) is 14.5. The number of hydrogen-bond acceptors (Lipinski definition) is 5. The zero-order valence-corrected chi connectivity index (χ0v) is 14.8. The van der Waals surface area contributed by atoms with Crippen molar-refractivity contribution in [2.75, 3.05) is 24.0 Å². The van der Waals surface area contributed by atoms with Crippen LogP contribution in [0, 0.1) is 0 Å². The molecule has 132 valence electrons. The number of benzene rings is 2. The molecule has 7 heteroatoms. The molecule has 0 saturated carbocycles. The van der Waals surface area contributed by atoms with Gasteiger partial charge in [0.1, 0.15) is 0 Å². The molecule has 0 radical (unpaired) electrons. The number of rotatable bonds is 4. The molecule has 0 bridgehead atoms. The molecule has 0 aromatic heterocycles. The molecule has 0 saturated heterocycles. The lowest BCUT2D eigenvalue weighted by atomic mass is 10.2. The maximum atomic E-state index is 13.1. The third-order valence-electron chi connectivity index (χ3n) is 4.02. The molecule has 0 fully saturated rings. The fourth-order valence-corrected chi connectivity index (χ4v) is 4.29. The Balaban J connectivity index is 1.95. The number of hydrogen-bond donors (Lipinski definition) is 1. The van der Waals surface area contributed by atoms with E-state index in [0.717, 1.165) is 5.56 Å². The average molecular weight is 360 g/mol. The minimum Gasteiger partial charge on any atom is -0.462 e. The van der Waals surface area contributed by atoms with Gasteiger partial charge in [-0.05, 0) is 42.8 Å². The topological polar surface area (TPSA) is 75.7 Å². The van der Waals surface area contributed by atoms with Crippen LogP contribution in [0.4, 0.5) is 5.69 Å². The number of carbonyl (C=O) groups excluding carboxylic acids is 1. The van der Waals surface area contributed by atoms with Crippen LogP contribution in [0.3, 0.4) is 0 Å². The van der Waals surface area contributed by atoms with E-state index in [2.05, 4.69) is 5.32 Å². The summed E-state index contributed by atoms with van der Waals surface area (Å²) in [4.78, 5) is 11.9. The molecule has 25 heavy (non-hydrogen) atoms. The lowest BCUT2D eigenvalue weighted by molar-refractivity contribution is 0.0526. The molecule has 2 aromatic rings. The van der Waals surface area contributed by atoms with E-state index in [-0.39, 0.29) is 11.5 Å². The second-order valence-electron chi connectivity index (χ2n) is 5.63. The summed E-state index contributed by atoms with van der Waals surface area (Å²) in [6.07, 6.45) is 0. The summed E-state index contributed by atoms with van der Waals surface area (Å²) in [5.41, 5.74) is 1.95. The Kier molecular flexibility index (Phi) is 5.06. The van der Waals surface area contributed by atoms with Crippen molar-refractivity contribution in [3.63, 3.8) is 0 Å². The number of nitrogens with zero attached hydrogens (tertiary/aromatic N) is 1. The molecular weight excluding hydrogens is 340 g/mol. The maximum absolute atomic E-state index is 13.1. The Hall–Kier alpha value is -2.38. The monoisotopic (exact) mass is 360 g/mol. The molecule has 0 amide bonds. The van der Waals surface area contributed by atoms with Gasteiger partial charge < -0.3 is 10.1 Å². The first-order chi connectivity index (χ1) is 12.0. The summed E-state index contributed by atoms with van der Waals surface area (Å²) in [5.74, 6) is -0.462. The van der Waals surface area contributed by atoms with Gasteiger partial charge in [0.15, 0.2) is 0 Å². The summed E-state index contributed by atoms with van der Waals surface area (Å²) in [5, 5.41) is 3.23. The number of carbonyl (C=O) groups is 1. The lowest BCUT2D eigenvalue weighted by Crippen LogP contribution is -2.34. The average Bonchev–Trinajstić information content (AvgIpc) is 2.85. The minimum atomic E-state index is -3.71. The van der Waals surface area contributed by atoms with Crippen molar-refractivity contribution in [1.82, 2.24) is 5.32 Å². The van der Waals surface area contributed by atoms with Crippen molar-refractivity contribution in [3.8, 4) is 0 Å². The second kappa shape index (κ2) is 7.25. The highest BCUT2D eigenvalue weighted by atomic mass is 32.2. The van der Waals surface area contributed by atoms with E-state index in [9.17, 15) is 13.2 Å². The quantitative estimate of drug-likeness (QED) is 0.846. The molecule has 0 spiro atoms. The minimum absolute atomic E-state index is 0.150. The number of para-hydroxylation sites is 1.